The number of aromatic amines is 1. The van der Waals surface area contributed by atoms with Crippen LogP contribution in [-0.2, 0) is 6.42 Å². The molecule has 20 heavy (non-hydrogen) atoms. The predicted octanol–water partition coefficient (Wildman–Crippen LogP) is 2.74. The van der Waals surface area contributed by atoms with Gasteiger partial charge < -0.3 is 10.7 Å². The molecule has 0 saturated heterocycles. The molecule has 3 N–H and O–H groups in total. The molecule has 0 bridgehead atoms. The Kier molecular flexibility index (Phi) is 3.24. The van der Waals surface area contributed by atoms with Gasteiger partial charge in [-0.1, -0.05) is 24.3 Å². The molecule has 4 heteroatoms. The number of H-pyrrole nitrogens is 1. The highest BCUT2D eigenvalue weighted by Gasteiger charge is 2.12. The fraction of sp³-hybridized carbons (Fsp3) is 0.250. The summed E-state index contributed by atoms with van der Waals surface area (Å²) in [4.78, 5) is 12.6. The molecule has 3 rings (SSSR count). The van der Waals surface area contributed by atoms with Gasteiger partial charge in [0.25, 0.3) is 0 Å². The standard InChI is InChI=1S/C16H18N4/c1-10-5-3-4-6-13(10)15-19-11(2)14-12(7-8-17)9-18-16(14)20-15/h3-6,9H,7-8,17H2,1-2H3,(H,18,19,20). The van der Waals surface area contributed by atoms with Crippen LogP contribution in [0.2, 0.25) is 0 Å². The summed E-state index contributed by atoms with van der Waals surface area (Å²) in [6.07, 6.45) is 2.83. The Hall–Kier alpha value is -2.20. The molecule has 0 aliphatic heterocycles. The van der Waals surface area contributed by atoms with E-state index in [1.54, 1.807) is 0 Å². The molecule has 0 radical (unpaired) electrons. The minimum Gasteiger partial charge on any atom is -0.346 e. The summed E-state index contributed by atoms with van der Waals surface area (Å²) in [6.45, 7) is 4.73. The number of fused-ring (bicyclic) bond motifs is 1. The van der Waals surface area contributed by atoms with Crippen molar-refractivity contribution in [3.05, 3.63) is 47.3 Å². The van der Waals surface area contributed by atoms with Crippen molar-refractivity contribution in [1.82, 2.24) is 15.0 Å². The van der Waals surface area contributed by atoms with Gasteiger partial charge in [-0.05, 0) is 37.9 Å². The summed E-state index contributed by atoms with van der Waals surface area (Å²) < 4.78 is 0. The Balaban J connectivity index is 2.19. The third kappa shape index (κ3) is 2.08. The van der Waals surface area contributed by atoms with Gasteiger partial charge in [0.05, 0.1) is 5.69 Å². The van der Waals surface area contributed by atoms with Gasteiger partial charge in [-0.15, -0.1) is 0 Å². The van der Waals surface area contributed by atoms with Crippen LogP contribution in [0.3, 0.4) is 0 Å². The SMILES string of the molecule is Cc1ccccc1-c1nc(C)c2c(CCN)c[nH]c2n1. The van der Waals surface area contributed by atoms with E-state index in [4.69, 9.17) is 5.73 Å². The lowest BCUT2D eigenvalue weighted by atomic mass is 10.1. The van der Waals surface area contributed by atoms with Crippen LogP contribution in [0.25, 0.3) is 22.4 Å². The highest BCUT2D eigenvalue weighted by atomic mass is 15.0. The van der Waals surface area contributed by atoms with Crippen LogP contribution in [0.4, 0.5) is 0 Å². The number of hydrogen-bond donors (Lipinski definition) is 2. The molecule has 1 aromatic carbocycles. The Labute approximate surface area is 118 Å². The minimum atomic E-state index is 0.631. The summed E-state index contributed by atoms with van der Waals surface area (Å²) in [6, 6.07) is 8.17. The van der Waals surface area contributed by atoms with E-state index in [0.29, 0.717) is 6.54 Å². The molecule has 3 aromatic rings. The highest BCUT2D eigenvalue weighted by Crippen LogP contribution is 2.25. The number of nitrogens with one attached hydrogen (secondary N) is 1. The van der Waals surface area contributed by atoms with E-state index in [2.05, 4.69) is 34.0 Å². The van der Waals surface area contributed by atoms with Crippen molar-refractivity contribution in [2.75, 3.05) is 6.54 Å². The third-order valence-electron chi connectivity index (χ3n) is 3.59. The van der Waals surface area contributed by atoms with Crippen molar-refractivity contribution in [3.8, 4) is 11.4 Å². The molecule has 2 heterocycles. The first-order chi connectivity index (χ1) is 9.70. The molecule has 0 atom stereocenters. The fourth-order valence-electron chi connectivity index (χ4n) is 2.59. The van der Waals surface area contributed by atoms with Crippen LogP contribution >= 0.6 is 0 Å². The zero-order valence-corrected chi connectivity index (χ0v) is 11.8. The van der Waals surface area contributed by atoms with Crippen LogP contribution in [0.1, 0.15) is 16.8 Å². The number of benzene rings is 1. The first-order valence-electron chi connectivity index (χ1n) is 6.81. The van der Waals surface area contributed by atoms with Crippen molar-refractivity contribution < 1.29 is 0 Å². The Bertz CT molecular complexity index is 758. The normalized spacial score (nSPS) is 11.2. The summed E-state index contributed by atoms with van der Waals surface area (Å²) in [5, 5.41) is 1.10. The Morgan fingerprint density at radius 3 is 2.70 bits per heavy atom. The van der Waals surface area contributed by atoms with Gasteiger partial charge in [-0.2, -0.15) is 0 Å². The van der Waals surface area contributed by atoms with Gasteiger partial charge in [-0.25, -0.2) is 9.97 Å². The zero-order valence-electron chi connectivity index (χ0n) is 11.8. The molecular weight excluding hydrogens is 248 g/mol. The summed E-state index contributed by atoms with van der Waals surface area (Å²) in [5.41, 5.74) is 11.0. The maximum atomic E-state index is 5.65. The third-order valence-corrected chi connectivity index (χ3v) is 3.59. The van der Waals surface area contributed by atoms with Gasteiger partial charge >= 0.3 is 0 Å². The van der Waals surface area contributed by atoms with Crippen LogP contribution in [-0.4, -0.2) is 21.5 Å². The van der Waals surface area contributed by atoms with E-state index in [9.17, 15) is 0 Å². The number of rotatable bonds is 3. The number of hydrogen-bond acceptors (Lipinski definition) is 3. The van der Waals surface area contributed by atoms with Crippen molar-refractivity contribution in [3.63, 3.8) is 0 Å². The van der Waals surface area contributed by atoms with Crippen LogP contribution < -0.4 is 5.73 Å². The maximum absolute atomic E-state index is 5.65. The molecule has 4 nitrogen and oxygen atoms in total. The first kappa shape index (κ1) is 12.8. The van der Waals surface area contributed by atoms with Gasteiger partial charge in [0, 0.05) is 17.1 Å². The summed E-state index contributed by atoms with van der Waals surface area (Å²) in [7, 11) is 0. The van der Waals surface area contributed by atoms with Crippen molar-refractivity contribution in [2.45, 2.75) is 20.3 Å². The smallest absolute Gasteiger partial charge is 0.162 e. The van der Waals surface area contributed by atoms with E-state index in [1.807, 2.05) is 25.3 Å². The second-order valence-corrected chi connectivity index (χ2v) is 5.02. The van der Waals surface area contributed by atoms with E-state index >= 15 is 0 Å². The monoisotopic (exact) mass is 266 g/mol. The molecular formula is C16H18N4. The van der Waals surface area contributed by atoms with Gasteiger partial charge in [0.15, 0.2) is 5.82 Å². The van der Waals surface area contributed by atoms with Gasteiger partial charge in [0.1, 0.15) is 5.65 Å². The maximum Gasteiger partial charge on any atom is 0.162 e. The number of aryl methyl sites for hydroxylation is 2. The van der Waals surface area contributed by atoms with Crippen LogP contribution in [0, 0.1) is 13.8 Å². The lowest BCUT2D eigenvalue weighted by Gasteiger charge is -2.06. The molecule has 0 spiro atoms. The molecule has 2 aromatic heterocycles. The molecule has 0 saturated carbocycles. The molecule has 0 aliphatic carbocycles. The molecule has 0 fully saturated rings. The predicted molar refractivity (Wildman–Crippen MR) is 81.6 cm³/mol. The van der Waals surface area contributed by atoms with Gasteiger partial charge in [-0.3, -0.25) is 0 Å². The lowest BCUT2D eigenvalue weighted by molar-refractivity contribution is 0.974. The molecule has 0 amide bonds. The van der Waals surface area contributed by atoms with Crippen molar-refractivity contribution in [2.24, 2.45) is 5.73 Å². The van der Waals surface area contributed by atoms with Crippen molar-refractivity contribution in [1.29, 1.82) is 0 Å². The topological polar surface area (TPSA) is 67.6 Å². The number of nitrogens with zero attached hydrogens (tertiary/aromatic N) is 2. The second kappa shape index (κ2) is 5.06. The molecule has 102 valence electrons. The zero-order chi connectivity index (χ0) is 14.1. The first-order valence-corrected chi connectivity index (χ1v) is 6.81. The Morgan fingerprint density at radius 2 is 1.95 bits per heavy atom. The average Bonchev–Trinajstić information content (AvgIpc) is 2.83. The van der Waals surface area contributed by atoms with Crippen molar-refractivity contribution >= 4 is 11.0 Å². The average molecular weight is 266 g/mol. The molecule has 0 aliphatic rings. The fourth-order valence-corrected chi connectivity index (χ4v) is 2.59. The van der Waals surface area contributed by atoms with E-state index < -0.39 is 0 Å². The quantitative estimate of drug-likeness (QED) is 0.766. The van der Waals surface area contributed by atoms with E-state index in [1.165, 1.54) is 11.1 Å². The molecule has 0 unspecified atom stereocenters. The minimum absolute atomic E-state index is 0.631. The van der Waals surface area contributed by atoms with Crippen LogP contribution in [0.15, 0.2) is 30.5 Å². The highest BCUT2D eigenvalue weighted by molar-refractivity contribution is 5.84. The lowest BCUT2D eigenvalue weighted by Crippen LogP contribution is -2.03. The summed E-state index contributed by atoms with van der Waals surface area (Å²) in [5.74, 6) is 0.772. The van der Waals surface area contributed by atoms with E-state index in [0.717, 1.165) is 34.5 Å². The van der Waals surface area contributed by atoms with E-state index in [-0.39, 0.29) is 0 Å². The number of nitrogens with two attached hydrogens (primary N) is 1. The Morgan fingerprint density at radius 1 is 1.15 bits per heavy atom. The summed E-state index contributed by atoms with van der Waals surface area (Å²) >= 11 is 0. The largest absolute Gasteiger partial charge is 0.346 e. The second-order valence-electron chi connectivity index (χ2n) is 5.02. The van der Waals surface area contributed by atoms with Crippen LogP contribution in [0.5, 0.6) is 0 Å². The number of aromatic nitrogens is 3. The van der Waals surface area contributed by atoms with Gasteiger partial charge in [0.2, 0.25) is 0 Å².